The van der Waals surface area contributed by atoms with Crippen LogP contribution in [0.3, 0.4) is 0 Å². The Balaban J connectivity index is 4.14. The lowest BCUT2D eigenvalue weighted by Gasteiger charge is -2.30. The fourth-order valence-electron chi connectivity index (χ4n) is 2.71. The largest absolute Gasteiger partial charge is 0.481 e. The summed E-state index contributed by atoms with van der Waals surface area (Å²) in [7, 11) is 0. The number of unbranched alkanes of at least 4 members (excludes halogenated alkanes) is 7. The number of hydrogen-bond acceptors (Lipinski definition) is 4. The lowest BCUT2D eigenvalue weighted by molar-refractivity contribution is -0.150. The fourth-order valence-corrected chi connectivity index (χ4v) is 3.44. The monoisotopic (exact) mass is 350 g/mol. The summed E-state index contributed by atoms with van der Waals surface area (Å²) in [5.41, 5.74) is 0. The van der Waals surface area contributed by atoms with Crippen LogP contribution in [0.5, 0.6) is 0 Å². The second-order valence-corrected chi connectivity index (χ2v) is 7.85. The van der Waals surface area contributed by atoms with Gasteiger partial charge in [0.1, 0.15) is 0 Å². The molecule has 0 aromatic heterocycles. The van der Waals surface area contributed by atoms with Gasteiger partial charge in [-0.2, -0.15) is 0 Å². The maximum absolute atomic E-state index is 11.4. The average molecular weight is 351 g/mol. The molecule has 0 heterocycles. The van der Waals surface area contributed by atoms with E-state index < -0.39 is 21.9 Å². The molecule has 0 aliphatic heterocycles. The van der Waals surface area contributed by atoms with Gasteiger partial charge in [0.2, 0.25) is 0 Å². The van der Waals surface area contributed by atoms with Gasteiger partial charge in [0, 0.05) is 0 Å². The van der Waals surface area contributed by atoms with E-state index in [1.54, 1.807) is 6.92 Å². The van der Waals surface area contributed by atoms with Crippen molar-refractivity contribution in [3.05, 3.63) is 0 Å². The second kappa shape index (κ2) is 11.2. The number of carbonyl (C=O) groups is 2. The van der Waals surface area contributed by atoms with Crippen molar-refractivity contribution in [2.75, 3.05) is 0 Å². The summed E-state index contributed by atoms with van der Waals surface area (Å²) in [6.07, 6.45) is 10.1. The summed E-state index contributed by atoms with van der Waals surface area (Å²) in [5.74, 6) is -3.85. The fraction of sp³-hybridized carbons (Fsp3) is 0.875. The van der Waals surface area contributed by atoms with Crippen molar-refractivity contribution in [1.82, 2.24) is 0 Å². The molecule has 0 radical (unpaired) electrons. The van der Waals surface area contributed by atoms with Crippen LogP contribution in [-0.2, 0) is 9.59 Å². The highest BCUT2D eigenvalue weighted by molar-refractivity contribution is 8.02. The predicted octanol–water partition coefficient (Wildman–Crippen LogP) is 4.49. The normalized spacial score (nSPS) is 14.5. The zero-order valence-electron chi connectivity index (χ0n) is 13.6. The average Bonchev–Trinajstić information content (AvgIpc) is 2.40. The zero-order chi connectivity index (χ0) is 17.2. The van der Waals surface area contributed by atoms with Crippen LogP contribution in [0, 0.1) is 11.8 Å². The van der Waals surface area contributed by atoms with Crippen LogP contribution in [0.2, 0.25) is 0 Å². The Morgan fingerprint density at radius 3 is 1.82 bits per heavy atom. The van der Waals surface area contributed by atoms with Crippen molar-refractivity contribution in [1.29, 1.82) is 0 Å². The summed E-state index contributed by atoms with van der Waals surface area (Å²) in [6, 6.07) is 0. The number of thiol groups is 2. The van der Waals surface area contributed by atoms with E-state index in [0.29, 0.717) is 6.42 Å². The third-order valence-corrected chi connectivity index (χ3v) is 5.04. The number of carboxylic acid groups (broad SMARTS) is 2. The lowest BCUT2D eigenvalue weighted by atomic mass is 9.86. The molecule has 130 valence electrons. The Morgan fingerprint density at radius 1 is 0.955 bits per heavy atom. The van der Waals surface area contributed by atoms with Crippen molar-refractivity contribution in [3.8, 4) is 0 Å². The van der Waals surface area contributed by atoms with Gasteiger partial charge < -0.3 is 10.2 Å². The minimum absolute atomic E-state index is 0.274. The lowest BCUT2D eigenvalue weighted by Crippen LogP contribution is -2.43. The highest BCUT2D eigenvalue weighted by Crippen LogP contribution is 2.37. The molecule has 0 rings (SSSR count). The summed E-state index contributed by atoms with van der Waals surface area (Å²) in [4.78, 5) is 22.5. The topological polar surface area (TPSA) is 74.6 Å². The van der Waals surface area contributed by atoms with Crippen molar-refractivity contribution >= 4 is 37.2 Å². The molecule has 22 heavy (non-hydrogen) atoms. The quantitative estimate of drug-likeness (QED) is 0.224. The molecule has 2 unspecified atom stereocenters. The van der Waals surface area contributed by atoms with Crippen molar-refractivity contribution in [2.24, 2.45) is 11.8 Å². The van der Waals surface area contributed by atoms with E-state index in [1.807, 2.05) is 0 Å². The SMILES string of the molecule is CCCCCCCCCCC(C)C(C(=O)O)C(S)(S)C(=O)O. The molecule has 6 heteroatoms. The molecule has 2 N–H and O–H groups in total. The van der Waals surface area contributed by atoms with E-state index in [1.165, 1.54) is 32.1 Å². The van der Waals surface area contributed by atoms with E-state index in [0.717, 1.165) is 19.3 Å². The van der Waals surface area contributed by atoms with E-state index >= 15 is 0 Å². The van der Waals surface area contributed by atoms with Gasteiger partial charge in [-0.1, -0.05) is 65.2 Å². The summed E-state index contributed by atoms with van der Waals surface area (Å²) >= 11 is 7.90. The van der Waals surface area contributed by atoms with E-state index in [9.17, 15) is 14.7 Å². The van der Waals surface area contributed by atoms with Crippen LogP contribution in [0.25, 0.3) is 0 Å². The Morgan fingerprint density at radius 2 is 1.41 bits per heavy atom. The molecule has 0 saturated carbocycles. The van der Waals surface area contributed by atoms with E-state index in [-0.39, 0.29) is 5.92 Å². The van der Waals surface area contributed by atoms with Crippen LogP contribution < -0.4 is 0 Å². The first-order valence-corrected chi connectivity index (χ1v) is 9.05. The van der Waals surface area contributed by atoms with Crippen molar-refractivity contribution in [3.63, 3.8) is 0 Å². The maximum atomic E-state index is 11.4. The molecular weight excluding hydrogens is 320 g/mol. The van der Waals surface area contributed by atoms with Gasteiger partial charge in [0.05, 0.1) is 5.92 Å². The molecule has 0 saturated heterocycles. The van der Waals surface area contributed by atoms with E-state index in [2.05, 4.69) is 32.2 Å². The summed E-state index contributed by atoms with van der Waals surface area (Å²) in [5, 5.41) is 18.4. The van der Waals surface area contributed by atoms with Crippen LogP contribution >= 0.6 is 25.3 Å². The van der Waals surface area contributed by atoms with Gasteiger partial charge in [-0.25, -0.2) is 4.79 Å². The Kier molecular flexibility index (Phi) is 11.0. The highest BCUT2D eigenvalue weighted by Gasteiger charge is 2.46. The number of rotatable bonds is 13. The highest BCUT2D eigenvalue weighted by atomic mass is 32.2. The molecular formula is C16H30O4S2. The first-order chi connectivity index (χ1) is 10.2. The predicted molar refractivity (Wildman–Crippen MR) is 95.9 cm³/mol. The Hall–Kier alpha value is -0.360. The molecule has 0 aliphatic rings. The third-order valence-electron chi connectivity index (χ3n) is 4.10. The minimum atomic E-state index is -1.84. The Labute approximate surface area is 144 Å². The minimum Gasteiger partial charge on any atom is -0.481 e. The van der Waals surface area contributed by atoms with Gasteiger partial charge in [0.15, 0.2) is 4.08 Å². The molecule has 0 fully saturated rings. The molecule has 4 nitrogen and oxygen atoms in total. The maximum Gasteiger partial charge on any atom is 0.330 e. The van der Waals surface area contributed by atoms with Gasteiger partial charge in [-0.15, -0.1) is 25.3 Å². The van der Waals surface area contributed by atoms with Crippen molar-refractivity contribution < 1.29 is 19.8 Å². The number of hydrogen-bond donors (Lipinski definition) is 4. The smallest absolute Gasteiger partial charge is 0.330 e. The molecule has 0 spiro atoms. The standard InChI is InChI=1S/C16H30O4S2/c1-3-4-5-6-7-8-9-10-11-12(2)13(14(17)18)16(21,22)15(19)20/h12-13,21-22H,3-11H2,1-2H3,(H,17,18)(H,19,20). The first-order valence-electron chi connectivity index (χ1n) is 8.16. The molecule has 0 aromatic rings. The van der Waals surface area contributed by atoms with Crippen LogP contribution in [-0.4, -0.2) is 26.2 Å². The third kappa shape index (κ3) is 7.77. The molecule has 0 bridgehead atoms. The van der Waals surface area contributed by atoms with Crippen LogP contribution in [0.1, 0.15) is 71.6 Å². The zero-order valence-corrected chi connectivity index (χ0v) is 15.4. The number of carboxylic acids is 2. The van der Waals surface area contributed by atoms with E-state index in [4.69, 9.17) is 5.11 Å². The number of aliphatic carboxylic acids is 2. The van der Waals surface area contributed by atoms with Crippen LogP contribution in [0.15, 0.2) is 0 Å². The first kappa shape index (κ1) is 21.6. The molecule has 0 aliphatic carbocycles. The van der Waals surface area contributed by atoms with Gasteiger partial charge in [0.25, 0.3) is 0 Å². The summed E-state index contributed by atoms with van der Waals surface area (Å²) < 4.78 is -1.84. The molecule has 0 aromatic carbocycles. The molecule has 2 atom stereocenters. The molecule has 0 amide bonds. The van der Waals surface area contributed by atoms with Gasteiger partial charge in [-0.05, 0) is 12.3 Å². The Bertz CT molecular complexity index is 345. The summed E-state index contributed by atoms with van der Waals surface area (Å²) in [6.45, 7) is 3.96. The van der Waals surface area contributed by atoms with Crippen LogP contribution in [0.4, 0.5) is 0 Å². The van der Waals surface area contributed by atoms with Crippen molar-refractivity contribution in [2.45, 2.75) is 75.7 Å². The van der Waals surface area contributed by atoms with Gasteiger partial charge in [-0.3, -0.25) is 4.79 Å². The van der Waals surface area contributed by atoms with Gasteiger partial charge >= 0.3 is 11.9 Å². The second-order valence-electron chi connectivity index (χ2n) is 6.09.